The number of aryl methyl sites for hydroxylation is 1. The van der Waals surface area contributed by atoms with E-state index >= 15 is 0 Å². The van der Waals surface area contributed by atoms with Gasteiger partial charge in [0.05, 0.1) is 0 Å². The van der Waals surface area contributed by atoms with Crippen molar-refractivity contribution in [1.29, 1.82) is 0 Å². The highest BCUT2D eigenvalue weighted by atomic mass is 16.5. The summed E-state index contributed by atoms with van der Waals surface area (Å²) in [6.07, 6.45) is 2.73. The van der Waals surface area contributed by atoms with Crippen LogP contribution in [0.15, 0.2) is 78.9 Å². The predicted molar refractivity (Wildman–Crippen MR) is 113 cm³/mol. The maximum atomic E-state index is 12.4. The fourth-order valence-electron chi connectivity index (χ4n) is 3.53. The standard InChI is InChI=1S/C24H24N2O2/c27-24(16-18-26-17-6-8-19-7-4-5-11-23(19)26)25-20-12-14-22(15-13-20)28-21-9-2-1-3-10-21/h1-5,7,9-15H,6,8,16-18H2,(H,25,27). The second-order valence-electron chi connectivity index (χ2n) is 6.96. The van der Waals surface area contributed by atoms with E-state index in [1.165, 1.54) is 11.3 Å². The van der Waals surface area contributed by atoms with Crippen LogP contribution in [0.25, 0.3) is 0 Å². The number of fused-ring (bicyclic) bond motifs is 1. The molecule has 1 aliphatic heterocycles. The number of amides is 1. The monoisotopic (exact) mass is 372 g/mol. The smallest absolute Gasteiger partial charge is 0.226 e. The average molecular weight is 372 g/mol. The molecule has 1 amide bonds. The summed E-state index contributed by atoms with van der Waals surface area (Å²) in [6.45, 7) is 1.74. The number of para-hydroxylation sites is 2. The van der Waals surface area contributed by atoms with Gasteiger partial charge in [-0.2, -0.15) is 0 Å². The molecule has 0 aromatic heterocycles. The van der Waals surface area contributed by atoms with Crippen molar-refractivity contribution in [3.63, 3.8) is 0 Å². The van der Waals surface area contributed by atoms with E-state index in [4.69, 9.17) is 4.74 Å². The van der Waals surface area contributed by atoms with Gasteiger partial charge in [-0.1, -0.05) is 36.4 Å². The summed E-state index contributed by atoms with van der Waals surface area (Å²) < 4.78 is 5.78. The number of carbonyl (C=O) groups is 1. The Morgan fingerprint density at radius 2 is 1.61 bits per heavy atom. The molecule has 0 atom stereocenters. The van der Waals surface area contributed by atoms with Crippen LogP contribution in [0.4, 0.5) is 11.4 Å². The number of hydrogen-bond acceptors (Lipinski definition) is 3. The van der Waals surface area contributed by atoms with Crippen molar-refractivity contribution in [3.8, 4) is 11.5 Å². The molecule has 0 bridgehead atoms. The van der Waals surface area contributed by atoms with E-state index in [0.717, 1.165) is 43.1 Å². The highest BCUT2D eigenvalue weighted by molar-refractivity contribution is 5.91. The van der Waals surface area contributed by atoms with Crippen LogP contribution < -0.4 is 15.0 Å². The Kier molecular flexibility index (Phi) is 5.57. The zero-order valence-electron chi connectivity index (χ0n) is 15.8. The van der Waals surface area contributed by atoms with E-state index in [9.17, 15) is 4.79 Å². The Morgan fingerprint density at radius 1 is 0.893 bits per heavy atom. The third-order valence-electron chi connectivity index (χ3n) is 4.93. The third kappa shape index (κ3) is 4.52. The minimum absolute atomic E-state index is 0.0276. The number of benzene rings is 3. The highest BCUT2D eigenvalue weighted by Gasteiger charge is 2.16. The number of hydrogen-bond donors (Lipinski definition) is 1. The van der Waals surface area contributed by atoms with Gasteiger partial charge in [0, 0.05) is 30.9 Å². The number of ether oxygens (including phenoxy) is 1. The molecule has 4 rings (SSSR count). The molecule has 1 N–H and O–H groups in total. The molecule has 0 radical (unpaired) electrons. The summed E-state index contributed by atoms with van der Waals surface area (Å²) in [5.74, 6) is 1.56. The first-order valence-electron chi connectivity index (χ1n) is 9.73. The molecule has 3 aromatic carbocycles. The normalized spacial score (nSPS) is 12.9. The lowest BCUT2D eigenvalue weighted by Gasteiger charge is -2.31. The van der Waals surface area contributed by atoms with Crippen LogP contribution in [-0.4, -0.2) is 19.0 Å². The SMILES string of the molecule is O=C(CCN1CCCc2ccccc21)Nc1ccc(Oc2ccccc2)cc1. The van der Waals surface area contributed by atoms with Crippen LogP contribution in [0.1, 0.15) is 18.4 Å². The molecular formula is C24H24N2O2. The second kappa shape index (κ2) is 8.61. The average Bonchev–Trinajstić information content (AvgIpc) is 2.74. The van der Waals surface area contributed by atoms with Crippen LogP contribution in [0.3, 0.4) is 0 Å². The number of nitrogens with one attached hydrogen (secondary N) is 1. The lowest BCUT2D eigenvalue weighted by Crippen LogP contribution is -2.32. The summed E-state index contributed by atoms with van der Waals surface area (Å²) in [5, 5.41) is 2.98. The maximum Gasteiger partial charge on any atom is 0.226 e. The Hall–Kier alpha value is -3.27. The predicted octanol–water partition coefficient (Wildman–Crippen LogP) is 5.26. The lowest BCUT2D eigenvalue weighted by atomic mass is 10.0. The Labute approximate surface area is 165 Å². The first kappa shape index (κ1) is 18.1. The van der Waals surface area contributed by atoms with Crippen molar-refractivity contribution < 1.29 is 9.53 Å². The van der Waals surface area contributed by atoms with Crippen molar-refractivity contribution >= 4 is 17.3 Å². The van der Waals surface area contributed by atoms with Crippen molar-refractivity contribution in [2.24, 2.45) is 0 Å². The molecular weight excluding hydrogens is 348 g/mol. The van der Waals surface area contributed by atoms with Crippen molar-refractivity contribution in [2.45, 2.75) is 19.3 Å². The second-order valence-corrected chi connectivity index (χ2v) is 6.96. The van der Waals surface area contributed by atoms with Gasteiger partial charge in [-0.25, -0.2) is 0 Å². The lowest BCUT2D eigenvalue weighted by molar-refractivity contribution is -0.116. The van der Waals surface area contributed by atoms with E-state index in [0.29, 0.717) is 6.42 Å². The van der Waals surface area contributed by atoms with E-state index in [1.807, 2.05) is 54.6 Å². The Bertz CT molecular complexity index is 923. The van der Waals surface area contributed by atoms with Gasteiger partial charge in [0.15, 0.2) is 0 Å². The van der Waals surface area contributed by atoms with Crippen LogP contribution >= 0.6 is 0 Å². The van der Waals surface area contributed by atoms with Crippen molar-refractivity contribution in [2.75, 3.05) is 23.3 Å². The van der Waals surface area contributed by atoms with Crippen molar-refractivity contribution in [3.05, 3.63) is 84.4 Å². The van der Waals surface area contributed by atoms with Gasteiger partial charge < -0.3 is 15.0 Å². The first-order chi connectivity index (χ1) is 13.8. The van der Waals surface area contributed by atoms with Gasteiger partial charge in [0.25, 0.3) is 0 Å². The van der Waals surface area contributed by atoms with Crippen LogP contribution in [0.5, 0.6) is 11.5 Å². The Morgan fingerprint density at radius 3 is 2.43 bits per heavy atom. The third-order valence-corrected chi connectivity index (χ3v) is 4.93. The first-order valence-corrected chi connectivity index (χ1v) is 9.73. The van der Waals surface area contributed by atoms with Gasteiger partial charge in [-0.15, -0.1) is 0 Å². The molecule has 0 spiro atoms. The van der Waals surface area contributed by atoms with Gasteiger partial charge in [-0.3, -0.25) is 4.79 Å². The molecule has 4 heteroatoms. The van der Waals surface area contributed by atoms with Gasteiger partial charge in [-0.05, 0) is 60.9 Å². The largest absolute Gasteiger partial charge is 0.457 e. The van der Waals surface area contributed by atoms with Gasteiger partial charge in [0.1, 0.15) is 11.5 Å². The van der Waals surface area contributed by atoms with Crippen LogP contribution in [0.2, 0.25) is 0 Å². The van der Waals surface area contributed by atoms with E-state index in [2.05, 4.69) is 34.5 Å². The molecule has 1 heterocycles. The number of carbonyl (C=O) groups excluding carboxylic acids is 1. The zero-order valence-corrected chi connectivity index (χ0v) is 15.8. The van der Waals surface area contributed by atoms with E-state index in [1.54, 1.807) is 0 Å². The maximum absolute atomic E-state index is 12.4. The number of anilines is 2. The van der Waals surface area contributed by atoms with Gasteiger partial charge in [0.2, 0.25) is 5.91 Å². The molecule has 142 valence electrons. The molecule has 0 saturated heterocycles. The summed E-state index contributed by atoms with van der Waals surface area (Å²) in [6, 6.07) is 25.6. The van der Waals surface area contributed by atoms with Gasteiger partial charge >= 0.3 is 0 Å². The van der Waals surface area contributed by atoms with E-state index < -0.39 is 0 Å². The minimum Gasteiger partial charge on any atom is -0.457 e. The summed E-state index contributed by atoms with van der Waals surface area (Å²) in [5.41, 5.74) is 3.43. The molecule has 3 aromatic rings. The number of nitrogens with zero attached hydrogens (tertiary/aromatic N) is 1. The Balaban J connectivity index is 1.30. The number of rotatable bonds is 6. The van der Waals surface area contributed by atoms with E-state index in [-0.39, 0.29) is 5.91 Å². The fraction of sp³-hybridized carbons (Fsp3) is 0.208. The van der Waals surface area contributed by atoms with Crippen LogP contribution in [-0.2, 0) is 11.2 Å². The summed E-state index contributed by atoms with van der Waals surface area (Å²) in [7, 11) is 0. The highest BCUT2D eigenvalue weighted by Crippen LogP contribution is 2.27. The molecule has 0 saturated carbocycles. The topological polar surface area (TPSA) is 41.6 Å². The molecule has 0 fully saturated rings. The molecule has 28 heavy (non-hydrogen) atoms. The minimum atomic E-state index is 0.0276. The summed E-state index contributed by atoms with van der Waals surface area (Å²) in [4.78, 5) is 14.7. The quantitative estimate of drug-likeness (QED) is 0.642. The fourth-order valence-corrected chi connectivity index (χ4v) is 3.53. The van der Waals surface area contributed by atoms with Crippen molar-refractivity contribution in [1.82, 2.24) is 0 Å². The molecule has 4 nitrogen and oxygen atoms in total. The molecule has 0 aliphatic carbocycles. The van der Waals surface area contributed by atoms with Crippen LogP contribution in [0, 0.1) is 0 Å². The molecule has 0 unspecified atom stereocenters. The summed E-state index contributed by atoms with van der Waals surface area (Å²) >= 11 is 0. The molecule has 1 aliphatic rings. The zero-order chi connectivity index (χ0) is 19.2.